The fourth-order valence-corrected chi connectivity index (χ4v) is 2.57. The fourth-order valence-electron chi connectivity index (χ4n) is 2.05. The van der Waals surface area contributed by atoms with Gasteiger partial charge in [-0.05, 0) is 36.2 Å². The maximum absolute atomic E-state index is 6.08. The lowest BCUT2D eigenvalue weighted by molar-refractivity contribution is 0.528. The highest BCUT2D eigenvalue weighted by Crippen LogP contribution is 2.28. The number of fused-ring (bicyclic) bond motifs is 1. The van der Waals surface area contributed by atoms with Gasteiger partial charge in [-0.2, -0.15) is 0 Å². The second kappa shape index (κ2) is 5.35. The first kappa shape index (κ1) is 13.3. The Morgan fingerprint density at radius 1 is 1.05 bits per heavy atom. The summed E-state index contributed by atoms with van der Waals surface area (Å²) in [5.41, 5.74) is 8.88. The average Bonchev–Trinajstić information content (AvgIpc) is 2.81. The summed E-state index contributed by atoms with van der Waals surface area (Å²) in [7, 11) is 0. The maximum atomic E-state index is 6.08. The van der Waals surface area contributed by atoms with E-state index in [-0.39, 0.29) is 0 Å². The third kappa shape index (κ3) is 2.74. The van der Waals surface area contributed by atoms with Crippen molar-refractivity contribution in [3.63, 3.8) is 0 Å². The van der Waals surface area contributed by atoms with E-state index in [2.05, 4.69) is 4.98 Å². The molecule has 0 aliphatic heterocycles. The van der Waals surface area contributed by atoms with E-state index in [4.69, 9.17) is 33.4 Å². The first-order valence-corrected chi connectivity index (χ1v) is 6.96. The SMILES string of the molecule is Nc1ccc(CCc2nc3cc(Cl)cc(Cl)c3o2)cc1. The Morgan fingerprint density at radius 2 is 1.80 bits per heavy atom. The summed E-state index contributed by atoms with van der Waals surface area (Å²) in [4.78, 5) is 4.41. The summed E-state index contributed by atoms with van der Waals surface area (Å²) in [6.07, 6.45) is 1.53. The Labute approximate surface area is 126 Å². The van der Waals surface area contributed by atoms with Crippen LogP contribution in [0.3, 0.4) is 0 Å². The molecule has 1 heterocycles. The smallest absolute Gasteiger partial charge is 0.195 e. The van der Waals surface area contributed by atoms with Crippen LogP contribution in [0.5, 0.6) is 0 Å². The molecule has 0 aliphatic carbocycles. The van der Waals surface area contributed by atoms with Gasteiger partial charge >= 0.3 is 0 Å². The number of hydrogen-bond donors (Lipinski definition) is 1. The molecule has 0 bridgehead atoms. The van der Waals surface area contributed by atoms with Crippen LogP contribution in [0.15, 0.2) is 40.8 Å². The molecule has 0 saturated carbocycles. The quantitative estimate of drug-likeness (QED) is 0.725. The lowest BCUT2D eigenvalue weighted by Gasteiger charge is -1.99. The Hall–Kier alpha value is -1.71. The Bertz CT molecular complexity index is 750. The largest absolute Gasteiger partial charge is 0.439 e. The molecule has 0 fully saturated rings. The van der Waals surface area contributed by atoms with Gasteiger partial charge in [0.05, 0.1) is 5.02 Å². The minimum absolute atomic E-state index is 0.485. The van der Waals surface area contributed by atoms with Crippen molar-refractivity contribution in [2.75, 3.05) is 5.73 Å². The molecule has 0 unspecified atom stereocenters. The molecular formula is C15H12Cl2N2O. The summed E-state index contributed by atoms with van der Waals surface area (Å²) in [6, 6.07) is 11.2. The molecule has 2 N–H and O–H groups in total. The number of halogens is 2. The van der Waals surface area contributed by atoms with Crippen LogP contribution in [0.2, 0.25) is 10.0 Å². The lowest BCUT2D eigenvalue weighted by Crippen LogP contribution is -1.92. The topological polar surface area (TPSA) is 52.0 Å². The molecule has 0 amide bonds. The van der Waals surface area contributed by atoms with E-state index < -0.39 is 0 Å². The van der Waals surface area contributed by atoms with Gasteiger partial charge in [-0.3, -0.25) is 0 Å². The summed E-state index contributed by atoms with van der Waals surface area (Å²) in [6.45, 7) is 0. The zero-order valence-corrected chi connectivity index (χ0v) is 12.1. The Balaban J connectivity index is 1.81. The van der Waals surface area contributed by atoms with E-state index in [9.17, 15) is 0 Å². The molecule has 0 saturated heterocycles. The van der Waals surface area contributed by atoms with Crippen LogP contribution in [0.25, 0.3) is 11.1 Å². The number of benzene rings is 2. The van der Waals surface area contributed by atoms with Crippen LogP contribution in [0.1, 0.15) is 11.5 Å². The van der Waals surface area contributed by atoms with Crippen molar-refractivity contribution in [3.05, 3.63) is 57.9 Å². The number of rotatable bonds is 3. The second-order valence-electron chi connectivity index (χ2n) is 4.59. The highest BCUT2D eigenvalue weighted by molar-refractivity contribution is 6.37. The zero-order valence-electron chi connectivity index (χ0n) is 10.6. The Kier molecular flexibility index (Phi) is 3.55. The first-order valence-electron chi connectivity index (χ1n) is 6.21. The predicted molar refractivity (Wildman–Crippen MR) is 82.3 cm³/mol. The van der Waals surface area contributed by atoms with Crippen molar-refractivity contribution in [2.24, 2.45) is 0 Å². The van der Waals surface area contributed by atoms with Crippen molar-refractivity contribution in [1.82, 2.24) is 4.98 Å². The summed E-state index contributed by atoms with van der Waals surface area (Å²) < 4.78 is 5.67. The number of nitrogens with zero attached hydrogens (tertiary/aromatic N) is 1. The molecule has 0 radical (unpaired) electrons. The van der Waals surface area contributed by atoms with Crippen molar-refractivity contribution < 1.29 is 4.42 Å². The van der Waals surface area contributed by atoms with Crippen molar-refractivity contribution >= 4 is 40.0 Å². The van der Waals surface area contributed by atoms with E-state index in [0.29, 0.717) is 33.5 Å². The minimum Gasteiger partial charge on any atom is -0.439 e. The first-order chi connectivity index (χ1) is 9.61. The van der Waals surface area contributed by atoms with Crippen LogP contribution in [0.4, 0.5) is 5.69 Å². The highest BCUT2D eigenvalue weighted by atomic mass is 35.5. The molecule has 3 aromatic rings. The van der Waals surface area contributed by atoms with E-state index >= 15 is 0 Å². The number of nitrogens with two attached hydrogens (primary N) is 1. The molecule has 5 heteroatoms. The number of aryl methyl sites for hydroxylation is 2. The number of anilines is 1. The fraction of sp³-hybridized carbons (Fsp3) is 0.133. The van der Waals surface area contributed by atoms with Gasteiger partial charge in [0.25, 0.3) is 0 Å². The maximum Gasteiger partial charge on any atom is 0.195 e. The summed E-state index contributed by atoms with van der Waals surface area (Å²) >= 11 is 12.0. The molecule has 0 spiro atoms. The normalized spacial score (nSPS) is 11.1. The molecular weight excluding hydrogens is 295 g/mol. The zero-order chi connectivity index (χ0) is 14.1. The van der Waals surface area contributed by atoms with E-state index in [1.165, 1.54) is 5.56 Å². The van der Waals surface area contributed by atoms with Gasteiger partial charge < -0.3 is 10.2 Å². The van der Waals surface area contributed by atoms with Gasteiger partial charge in [-0.1, -0.05) is 35.3 Å². The molecule has 102 valence electrons. The van der Waals surface area contributed by atoms with Gasteiger partial charge in [0, 0.05) is 17.1 Å². The predicted octanol–water partition coefficient (Wildman–Crippen LogP) is 4.50. The average molecular weight is 307 g/mol. The number of nitrogen functional groups attached to an aromatic ring is 1. The lowest BCUT2D eigenvalue weighted by atomic mass is 10.1. The molecule has 3 rings (SSSR count). The van der Waals surface area contributed by atoms with E-state index in [1.54, 1.807) is 12.1 Å². The van der Waals surface area contributed by atoms with Gasteiger partial charge in [0.15, 0.2) is 11.5 Å². The van der Waals surface area contributed by atoms with Crippen LogP contribution in [0, 0.1) is 0 Å². The molecule has 20 heavy (non-hydrogen) atoms. The molecule has 2 aromatic carbocycles. The number of aromatic nitrogens is 1. The van der Waals surface area contributed by atoms with Gasteiger partial charge in [0.2, 0.25) is 0 Å². The Morgan fingerprint density at radius 3 is 2.55 bits per heavy atom. The summed E-state index contributed by atoms with van der Waals surface area (Å²) in [5.74, 6) is 0.654. The van der Waals surface area contributed by atoms with Crippen LogP contribution >= 0.6 is 23.2 Å². The van der Waals surface area contributed by atoms with Crippen LogP contribution < -0.4 is 5.73 Å². The molecule has 1 aromatic heterocycles. The van der Waals surface area contributed by atoms with Crippen LogP contribution in [-0.4, -0.2) is 4.98 Å². The van der Waals surface area contributed by atoms with Crippen molar-refractivity contribution in [3.8, 4) is 0 Å². The standard InChI is InChI=1S/C15H12Cl2N2O/c16-10-7-12(17)15-13(8-10)19-14(20-15)6-3-9-1-4-11(18)5-2-9/h1-2,4-5,7-8H,3,6,18H2. The second-order valence-corrected chi connectivity index (χ2v) is 5.43. The van der Waals surface area contributed by atoms with Gasteiger partial charge in [0.1, 0.15) is 5.52 Å². The minimum atomic E-state index is 0.485. The molecule has 0 aliphatic rings. The third-order valence-corrected chi connectivity index (χ3v) is 3.56. The van der Waals surface area contributed by atoms with E-state index in [1.807, 2.05) is 24.3 Å². The molecule has 0 atom stereocenters. The van der Waals surface area contributed by atoms with Crippen molar-refractivity contribution in [2.45, 2.75) is 12.8 Å². The third-order valence-electron chi connectivity index (χ3n) is 3.06. The number of hydrogen-bond acceptors (Lipinski definition) is 3. The van der Waals surface area contributed by atoms with E-state index in [0.717, 1.165) is 12.1 Å². The van der Waals surface area contributed by atoms with Crippen molar-refractivity contribution in [1.29, 1.82) is 0 Å². The van der Waals surface area contributed by atoms with Gasteiger partial charge in [-0.25, -0.2) is 4.98 Å². The summed E-state index contributed by atoms with van der Waals surface area (Å²) in [5, 5.41) is 1.04. The van der Waals surface area contributed by atoms with Crippen LogP contribution in [-0.2, 0) is 12.8 Å². The highest BCUT2D eigenvalue weighted by Gasteiger charge is 2.10. The number of oxazole rings is 1. The monoisotopic (exact) mass is 306 g/mol. The molecule has 3 nitrogen and oxygen atoms in total. The van der Waals surface area contributed by atoms with Gasteiger partial charge in [-0.15, -0.1) is 0 Å².